The Kier molecular flexibility index (Phi) is 5.53. The molecule has 6 nitrogen and oxygen atoms in total. The Morgan fingerprint density at radius 1 is 1.43 bits per heavy atom. The Balaban J connectivity index is 1.89. The van der Waals surface area contributed by atoms with Gasteiger partial charge in [-0.2, -0.15) is 0 Å². The molecule has 0 fully saturated rings. The number of methoxy groups -OCH3 is 1. The highest BCUT2D eigenvalue weighted by molar-refractivity contribution is 7.13. The molecule has 7 heteroatoms. The van der Waals surface area contributed by atoms with Crippen molar-refractivity contribution in [3.63, 3.8) is 0 Å². The Morgan fingerprint density at radius 3 is 3.00 bits per heavy atom. The molecule has 0 aliphatic carbocycles. The largest absolute Gasteiger partial charge is 0.491 e. The van der Waals surface area contributed by atoms with E-state index in [1.807, 2.05) is 12.1 Å². The number of nitrogen functional groups attached to an aromatic ring is 1. The third-order valence-electron chi connectivity index (χ3n) is 2.59. The number of rotatable bonds is 7. The maximum absolute atomic E-state index is 11.9. The van der Waals surface area contributed by atoms with Crippen LogP contribution in [-0.2, 0) is 16.0 Å². The molecule has 0 saturated heterocycles. The molecule has 1 aromatic carbocycles. The van der Waals surface area contributed by atoms with Crippen LogP contribution in [0.4, 0.5) is 10.8 Å². The molecule has 21 heavy (non-hydrogen) atoms. The van der Waals surface area contributed by atoms with Gasteiger partial charge in [0.25, 0.3) is 0 Å². The van der Waals surface area contributed by atoms with Crippen LogP contribution in [0.25, 0.3) is 0 Å². The Bertz CT molecular complexity index is 601. The number of nitrogens with zero attached hydrogens (tertiary/aromatic N) is 1. The first kappa shape index (κ1) is 15.3. The second-order valence-electron chi connectivity index (χ2n) is 4.27. The van der Waals surface area contributed by atoms with E-state index in [9.17, 15) is 4.79 Å². The van der Waals surface area contributed by atoms with Gasteiger partial charge in [0.1, 0.15) is 12.4 Å². The maximum Gasteiger partial charge on any atom is 0.230 e. The van der Waals surface area contributed by atoms with E-state index in [2.05, 4.69) is 10.3 Å². The van der Waals surface area contributed by atoms with Crippen molar-refractivity contribution in [1.29, 1.82) is 0 Å². The lowest BCUT2D eigenvalue weighted by Crippen LogP contribution is -2.14. The van der Waals surface area contributed by atoms with E-state index in [0.717, 1.165) is 0 Å². The molecule has 1 amide bonds. The van der Waals surface area contributed by atoms with Gasteiger partial charge in [0.15, 0.2) is 5.13 Å². The highest BCUT2D eigenvalue weighted by Crippen LogP contribution is 2.18. The first-order valence-electron chi connectivity index (χ1n) is 6.39. The van der Waals surface area contributed by atoms with E-state index in [0.29, 0.717) is 35.5 Å². The predicted molar refractivity (Wildman–Crippen MR) is 82.7 cm³/mol. The van der Waals surface area contributed by atoms with E-state index >= 15 is 0 Å². The number of nitrogens with one attached hydrogen (secondary N) is 1. The zero-order chi connectivity index (χ0) is 15.1. The van der Waals surface area contributed by atoms with Crippen molar-refractivity contribution in [3.8, 4) is 5.75 Å². The Morgan fingerprint density at radius 2 is 2.29 bits per heavy atom. The summed E-state index contributed by atoms with van der Waals surface area (Å²) in [6, 6.07) is 7.21. The minimum Gasteiger partial charge on any atom is -0.491 e. The number of thiazole rings is 1. The van der Waals surface area contributed by atoms with E-state index in [1.165, 1.54) is 11.3 Å². The molecular weight excluding hydrogens is 290 g/mol. The van der Waals surface area contributed by atoms with Crippen LogP contribution in [0.5, 0.6) is 5.75 Å². The summed E-state index contributed by atoms with van der Waals surface area (Å²) < 4.78 is 10.4. The van der Waals surface area contributed by atoms with Crippen LogP contribution >= 0.6 is 11.3 Å². The third kappa shape index (κ3) is 5.05. The van der Waals surface area contributed by atoms with Crippen LogP contribution in [0.1, 0.15) is 5.69 Å². The molecular formula is C14H17N3O3S. The zero-order valence-corrected chi connectivity index (χ0v) is 12.5. The summed E-state index contributed by atoms with van der Waals surface area (Å²) in [5.74, 6) is 0.539. The van der Waals surface area contributed by atoms with Gasteiger partial charge in [-0.1, -0.05) is 6.07 Å². The van der Waals surface area contributed by atoms with Gasteiger partial charge in [0, 0.05) is 24.2 Å². The van der Waals surface area contributed by atoms with E-state index in [4.69, 9.17) is 15.2 Å². The van der Waals surface area contributed by atoms with Gasteiger partial charge in [0.05, 0.1) is 18.7 Å². The second kappa shape index (κ2) is 7.61. The fraction of sp³-hybridized carbons (Fsp3) is 0.286. The van der Waals surface area contributed by atoms with Gasteiger partial charge < -0.3 is 20.5 Å². The number of aromatic nitrogens is 1. The van der Waals surface area contributed by atoms with E-state index in [1.54, 1.807) is 24.6 Å². The normalized spacial score (nSPS) is 10.3. The summed E-state index contributed by atoms with van der Waals surface area (Å²) >= 11 is 1.32. The minimum absolute atomic E-state index is 0.144. The van der Waals surface area contributed by atoms with Crippen molar-refractivity contribution >= 4 is 28.1 Å². The summed E-state index contributed by atoms with van der Waals surface area (Å²) in [5, 5.41) is 5.05. The van der Waals surface area contributed by atoms with Crippen LogP contribution in [0.2, 0.25) is 0 Å². The number of hydrogen-bond donors (Lipinski definition) is 2. The predicted octanol–water partition coefficient (Wildman–Crippen LogP) is 1.93. The summed E-state index contributed by atoms with van der Waals surface area (Å²) in [6.07, 6.45) is 0.197. The first-order valence-corrected chi connectivity index (χ1v) is 7.27. The number of carbonyl (C=O) groups is 1. The van der Waals surface area contributed by atoms with Gasteiger partial charge in [0.2, 0.25) is 5.91 Å². The number of hydrogen-bond acceptors (Lipinski definition) is 6. The van der Waals surface area contributed by atoms with Crippen LogP contribution in [0.3, 0.4) is 0 Å². The van der Waals surface area contributed by atoms with Gasteiger partial charge in [-0.25, -0.2) is 4.98 Å². The van der Waals surface area contributed by atoms with Gasteiger partial charge in [-0.3, -0.25) is 4.79 Å². The van der Waals surface area contributed by atoms with Crippen LogP contribution in [0.15, 0.2) is 29.6 Å². The number of ether oxygens (including phenoxy) is 2. The number of amides is 1. The Labute approximate surface area is 126 Å². The van der Waals surface area contributed by atoms with Crippen molar-refractivity contribution in [2.24, 2.45) is 0 Å². The fourth-order valence-electron chi connectivity index (χ4n) is 1.68. The molecule has 1 aromatic heterocycles. The van der Waals surface area contributed by atoms with E-state index < -0.39 is 0 Å². The third-order valence-corrected chi connectivity index (χ3v) is 3.31. The average Bonchev–Trinajstić information content (AvgIpc) is 2.84. The minimum atomic E-state index is -0.144. The van der Waals surface area contributed by atoms with E-state index in [-0.39, 0.29) is 12.3 Å². The molecule has 1 heterocycles. The summed E-state index contributed by atoms with van der Waals surface area (Å²) in [4.78, 5) is 16.0. The molecule has 0 bridgehead atoms. The maximum atomic E-state index is 11.9. The molecule has 2 rings (SSSR count). The molecule has 0 aliphatic rings. The standard InChI is InChI=1S/C14H17N3O3S/c1-19-5-6-20-12-4-2-3-10(7-12)16-13(18)8-11-9-21-14(15)17-11/h2-4,7,9H,5-6,8H2,1H3,(H2,15,17)(H,16,18). The molecule has 0 spiro atoms. The highest BCUT2D eigenvalue weighted by atomic mass is 32.1. The lowest BCUT2D eigenvalue weighted by Gasteiger charge is -2.08. The van der Waals surface area contributed by atoms with Crippen molar-refractivity contribution in [3.05, 3.63) is 35.3 Å². The monoisotopic (exact) mass is 307 g/mol. The van der Waals surface area contributed by atoms with Gasteiger partial charge in [-0.15, -0.1) is 11.3 Å². The second-order valence-corrected chi connectivity index (χ2v) is 5.16. The molecule has 112 valence electrons. The quantitative estimate of drug-likeness (QED) is 0.763. The Hall–Kier alpha value is -2.12. The number of carbonyl (C=O) groups excluding carboxylic acids is 1. The number of benzene rings is 1. The summed E-state index contributed by atoms with van der Waals surface area (Å²) in [5.41, 5.74) is 6.88. The topological polar surface area (TPSA) is 86.5 Å². The van der Waals surface area contributed by atoms with Crippen molar-refractivity contribution in [2.75, 3.05) is 31.4 Å². The van der Waals surface area contributed by atoms with Crippen molar-refractivity contribution in [2.45, 2.75) is 6.42 Å². The molecule has 2 aromatic rings. The lowest BCUT2D eigenvalue weighted by atomic mass is 10.2. The van der Waals surface area contributed by atoms with Crippen molar-refractivity contribution in [1.82, 2.24) is 4.98 Å². The molecule has 0 atom stereocenters. The molecule has 0 saturated carbocycles. The van der Waals surface area contributed by atoms with Crippen LogP contribution in [-0.4, -0.2) is 31.2 Å². The summed E-state index contributed by atoms with van der Waals surface area (Å²) in [7, 11) is 1.62. The average molecular weight is 307 g/mol. The molecule has 0 radical (unpaired) electrons. The zero-order valence-electron chi connectivity index (χ0n) is 11.7. The fourth-order valence-corrected chi connectivity index (χ4v) is 2.24. The highest BCUT2D eigenvalue weighted by Gasteiger charge is 2.07. The van der Waals surface area contributed by atoms with Crippen molar-refractivity contribution < 1.29 is 14.3 Å². The summed E-state index contributed by atoms with van der Waals surface area (Å²) in [6.45, 7) is 0.980. The molecule has 3 N–H and O–H groups in total. The smallest absolute Gasteiger partial charge is 0.230 e. The van der Waals surface area contributed by atoms with Gasteiger partial charge >= 0.3 is 0 Å². The van der Waals surface area contributed by atoms with Crippen LogP contribution < -0.4 is 15.8 Å². The van der Waals surface area contributed by atoms with Gasteiger partial charge in [-0.05, 0) is 12.1 Å². The number of anilines is 2. The molecule has 0 unspecified atom stereocenters. The SMILES string of the molecule is COCCOc1cccc(NC(=O)Cc2csc(N)n2)c1. The van der Waals surface area contributed by atoms with Crippen LogP contribution in [0, 0.1) is 0 Å². The molecule has 0 aliphatic heterocycles. The lowest BCUT2D eigenvalue weighted by molar-refractivity contribution is -0.115. The number of nitrogens with two attached hydrogens (primary N) is 1. The first-order chi connectivity index (χ1) is 10.2.